The lowest BCUT2D eigenvalue weighted by molar-refractivity contribution is 0.0938. The van der Waals surface area contributed by atoms with Crippen molar-refractivity contribution >= 4 is 0 Å². The van der Waals surface area contributed by atoms with Crippen LogP contribution in [0.2, 0.25) is 0 Å². The molecular weight excluding hydrogens is 226 g/mol. The van der Waals surface area contributed by atoms with Gasteiger partial charge in [0.15, 0.2) is 0 Å². The SMILES string of the molecule is CN1CCC2C3c4cc(O)ccc4OC3CCC21. The van der Waals surface area contributed by atoms with Crippen molar-refractivity contribution in [2.45, 2.75) is 37.3 Å². The molecular formula is C15H19NO2. The number of likely N-dealkylation sites (tertiary alicyclic amines) is 1. The van der Waals surface area contributed by atoms with Gasteiger partial charge in [0.1, 0.15) is 17.6 Å². The molecule has 2 aliphatic heterocycles. The highest BCUT2D eigenvalue weighted by molar-refractivity contribution is 5.46. The summed E-state index contributed by atoms with van der Waals surface area (Å²) in [6, 6.07) is 6.29. The second-order valence-corrected chi connectivity index (χ2v) is 5.98. The van der Waals surface area contributed by atoms with E-state index >= 15 is 0 Å². The topological polar surface area (TPSA) is 32.7 Å². The molecule has 0 radical (unpaired) electrons. The summed E-state index contributed by atoms with van der Waals surface area (Å²) in [5.41, 5.74) is 1.24. The molecule has 1 saturated heterocycles. The molecule has 3 nitrogen and oxygen atoms in total. The summed E-state index contributed by atoms with van der Waals surface area (Å²) in [6.45, 7) is 1.20. The van der Waals surface area contributed by atoms with Gasteiger partial charge in [0.2, 0.25) is 0 Å². The average Bonchev–Trinajstić information content (AvgIpc) is 2.90. The second-order valence-electron chi connectivity index (χ2n) is 5.98. The molecule has 3 aliphatic rings. The molecule has 96 valence electrons. The molecule has 4 unspecified atom stereocenters. The van der Waals surface area contributed by atoms with Gasteiger partial charge in [-0.05, 0) is 57.0 Å². The standard InChI is InChI=1S/C15H19NO2/c1-16-7-6-10-12(16)3-5-14-15(10)11-8-9(17)2-4-13(11)18-14/h2,4,8,10,12,14-15,17H,3,5-7H2,1H3. The minimum atomic E-state index is 0.342. The van der Waals surface area contributed by atoms with Crippen molar-refractivity contribution in [1.82, 2.24) is 4.90 Å². The molecule has 3 heteroatoms. The van der Waals surface area contributed by atoms with E-state index in [1.165, 1.54) is 24.9 Å². The quantitative estimate of drug-likeness (QED) is 0.761. The molecule has 0 spiro atoms. The van der Waals surface area contributed by atoms with Crippen LogP contribution < -0.4 is 4.74 Å². The third-order valence-electron chi connectivity index (χ3n) is 5.12. The number of phenols is 1. The maximum atomic E-state index is 9.71. The van der Waals surface area contributed by atoms with Crippen molar-refractivity contribution in [3.8, 4) is 11.5 Å². The first kappa shape index (κ1) is 10.7. The van der Waals surface area contributed by atoms with Gasteiger partial charge in [0.05, 0.1) is 0 Å². The summed E-state index contributed by atoms with van der Waals surface area (Å²) in [7, 11) is 2.24. The van der Waals surface area contributed by atoms with E-state index in [9.17, 15) is 5.11 Å². The minimum Gasteiger partial charge on any atom is -0.508 e. The van der Waals surface area contributed by atoms with E-state index < -0.39 is 0 Å². The van der Waals surface area contributed by atoms with Gasteiger partial charge in [-0.15, -0.1) is 0 Å². The first-order chi connectivity index (χ1) is 8.74. The largest absolute Gasteiger partial charge is 0.508 e. The third-order valence-corrected chi connectivity index (χ3v) is 5.12. The Morgan fingerprint density at radius 3 is 3.06 bits per heavy atom. The third kappa shape index (κ3) is 1.34. The van der Waals surface area contributed by atoms with Gasteiger partial charge in [-0.1, -0.05) is 0 Å². The molecule has 0 bridgehead atoms. The molecule has 1 aromatic rings. The zero-order valence-electron chi connectivity index (χ0n) is 10.7. The number of fused-ring (bicyclic) bond motifs is 5. The first-order valence-electron chi connectivity index (χ1n) is 6.94. The summed E-state index contributed by atoms with van der Waals surface area (Å²) < 4.78 is 6.08. The van der Waals surface area contributed by atoms with Crippen LogP contribution in [0.25, 0.3) is 0 Å². The second kappa shape index (κ2) is 3.64. The normalized spacial score (nSPS) is 37.8. The van der Waals surface area contributed by atoms with Gasteiger partial charge in [0.25, 0.3) is 0 Å². The molecule has 1 saturated carbocycles. The van der Waals surface area contributed by atoms with Crippen LogP contribution in [0.1, 0.15) is 30.7 Å². The zero-order chi connectivity index (χ0) is 12.3. The molecule has 1 aromatic carbocycles. The van der Waals surface area contributed by atoms with Crippen molar-refractivity contribution in [3.05, 3.63) is 23.8 Å². The maximum Gasteiger partial charge on any atom is 0.123 e. The summed E-state index contributed by atoms with van der Waals surface area (Å²) >= 11 is 0. The van der Waals surface area contributed by atoms with Gasteiger partial charge in [-0.3, -0.25) is 0 Å². The van der Waals surface area contributed by atoms with Gasteiger partial charge in [-0.25, -0.2) is 0 Å². The van der Waals surface area contributed by atoms with E-state index in [1.807, 2.05) is 12.1 Å². The van der Waals surface area contributed by atoms with E-state index in [1.54, 1.807) is 6.07 Å². The Bertz CT molecular complexity index is 487. The van der Waals surface area contributed by atoms with Crippen LogP contribution in [0.3, 0.4) is 0 Å². The van der Waals surface area contributed by atoms with Gasteiger partial charge in [-0.2, -0.15) is 0 Å². The summed E-state index contributed by atoms with van der Waals surface area (Å²) in [4.78, 5) is 2.50. The molecule has 4 rings (SSSR count). The summed E-state index contributed by atoms with van der Waals surface area (Å²) in [5.74, 6) is 2.57. The fourth-order valence-corrected chi connectivity index (χ4v) is 4.31. The number of hydrogen-bond donors (Lipinski definition) is 1. The Kier molecular flexibility index (Phi) is 2.16. The molecule has 2 heterocycles. The number of rotatable bonds is 0. The predicted octanol–water partition coefficient (Wildman–Crippen LogP) is 2.35. The highest BCUT2D eigenvalue weighted by atomic mass is 16.5. The molecule has 18 heavy (non-hydrogen) atoms. The lowest BCUT2D eigenvalue weighted by atomic mass is 9.72. The molecule has 0 amide bonds. The van der Waals surface area contributed by atoms with E-state index in [2.05, 4.69) is 11.9 Å². The Labute approximate surface area is 107 Å². The number of hydrogen-bond acceptors (Lipinski definition) is 3. The van der Waals surface area contributed by atoms with Gasteiger partial charge in [0, 0.05) is 17.5 Å². The van der Waals surface area contributed by atoms with Crippen molar-refractivity contribution in [2.24, 2.45) is 5.92 Å². The van der Waals surface area contributed by atoms with Crippen LogP contribution in [-0.4, -0.2) is 35.7 Å². The van der Waals surface area contributed by atoms with Crippen molar-refractivity contribution in [2.75, 3.05) is 13.6 Å². The minimum absolute atomic E-state index is 0.342. The molecule has 2 fully saturated rings. The van der Waals surface area contributed by atoms with Crippen LogP contribution in [0, 0.1) is 5.92 Å². The monoisotopic (exact) mass is 245 g/mol. The zero-order valence-corrected chi connectivity index (χ0v) is 10.7. The summed E-state index contributed by atoms with van der Waals surface area (Å²) in [5, 5.41) is 9.71. The lowest BCUT2D eigenvalue weighted by Crippen LogP contribution is -2.40. The Hall–Kier alpha value is -1.22. The maximum absolute atomic E-state index is 9.71. The molecule has 0 aromatic heterocycles. The fraction of sp³-hybridized carbons (Fsp3) is 0.600. The van der Waals surface area contributed by atoms with Crippen molar-refractivity contribution in [3.63, 3.8) is 0 Å². The van der Waals surface area contributed by atoms with Crippen LogP contribution in [0.15, 0.2) is 18.2 Å². The van der Waals surface area contributed by atoms with Crippen molar-refractivity contribution < 1.29 is 9.84 Å². The Morgan fingerprint density at radius 2 is 2.17 bits per heavy atom. The highest BCUT2D eigenvalue weighted by Gasteiger charge is 2.49. The number of phenolic OH excluding ortho intramolecular Hbond substituents is 1. The average molecular weight is 245 g/mol. The highest BCUT2D eigenvalue weighted by Crippen LogP contribution is 2.52. The summed E-state index contributed by atoms with van der Waals surface area (Å²) in [6.07, 6.45) is 4.00. The van der Waals surface area contributed by atoms with E-state index in [0.29, 0.717) is 29.7 Å². The van der Waals surface area contributed by atoms with Crippen molar-refractivity contribution in [1.29, 1.82) is 0 Å². The molecule has 1 N–H and O–H groups in total. The fourth-order valence-electron chi connectivity index (χ4n) is 4.31. The molecule has 1 aliphatic carbocycles. The van der Waals surface area contributed by atoms with Crippen LogP contribution in [0.5, 0.6) is 11.5 Å². The lowest BCUT2D eigenvalue weighted by Gasteiger charge is -2.37. The van der Waals surface area contributed by atoms with E-state index in [4.69, 9.17) is 4.74 Å². The van der Waals surface area contributed by atoms with E-state index in [-0.39, 0.29) is 0 Å². The van der Waals surface area contributed by atoms with Crippen LogP contribution >= 0.6 is 0 Å². The van der Waals surface area contributed by atoms with E-state index in [0.717, 1.165) is 12.2 Å². The Balaban J connectivity index is 1.76. The Morgan fingerprint density at radius 1 is 1.28 bits per heavy atom. The smallest absolute Gasteiger partial charge is 0.123 e. The predicted molar refractivity (Wildman–Crippen MR) is 69.0 cm³/mol. The first-order valence-corrected chi connectivity index (χ1v) is 6.94. The van der Waals surface area contributed by atoms with Gasteiger partial charge < -0.3 is 14.7 Å². The van der Waals surface area contributed by atoms with Crippen LogP contribution in [0.4, 0.5) is 0 Å². The number of benzene rings is 1. The number of nitrogens with zero attached hydrogens (tertiary/aromatic N) is 1. The van der Waals surface area contributed by atoms with Crippen LogP contribution in [-0.2, 0) is 0 Å². The number of aromatic hydroxyl groups is 1. The number of ether oxygens (including phenoxy) is 1. The van der Waals surface area contributed by atoms with Gasteiger partial charge >= 0.3 is 0 Å². The molecule has 4 atom stereocenters.